The van der Waals surface area contributed by atoms with Crippen molar-refractivity contribution in [1.29, 1.82) is 0 Å². The van der Waals surface area contributed by atoms with Crippen molar-refractivity contribution in [2.45, 2.75) is 51.3 Å². The van der Waals surface area contributed by atoms with Gasteiger partial charge in [0.05, 0.1) is 0 Å². The lowest BCUT2D eigenvalue weighted by Crippen LogP contribution is -2.49. The molecule has 0 fully saturated rings. The summed E-state index contributed by atoms with van der Waals surface area (Å²) >= 11 is 1.86. The number of nitrogens with one attached hydrogen (secondary N) is 1. The number of thioether (sulfide) groups is 1. The molecular weight excluding hydrogens is 222 g/mol. The number of hydrogen-bond donors (Lipinski definition) is 2. The maximum Gasteiger partial charge on any atom is 0.323 e. The lowest BCUT2D eigenvalue weighted by Gasteiger charge is -2.27. The number of carboxylic acid groups (broad SMARTS) is 1. The van der Waals surface area contributed by atoms with Crippen LogP contribution in [0.25, 0.3) is 0 Å². The second-order valence-electron chi connectivity index (χ2n) is 4.96. The molecule has 0 aliphatic rings. The summed E-state index contributed by atoms with van der Waals surface area (Å²) in [5.41, 5.74) is -0.801. The first-order valence-corrected chi connectivity index (χ1v) is 6.90. The zero-order chi connectivity index (χ0) is 12.8. The fraction of sp³-hybridized carbons (Fsp3) is 0.917. The van der Waals surface area contributed by atoms with Crippen LogP contribution in [0, 0.1) is 5.92 Å². The van der Waals surface area contributed by atoms with Crippen LogP contribution >= 0.6 is 11.8 Å². The van der Waals surface area contributed by atoms with E-state index in [2.05, 4.69) is 26.1 Å². The van der Waals surface area contributed by atoms with E-state index in [1.807, 2.05) is 11.8 Å². The van der Waals surface area contributed by atoms with E-state index in [1.165, 1.54) is 6.42 Å². The first kappa shape index (κ1) is 15.8. The summed E-state index contributed by atoms with van der Waals surface area (Å²) < 4.78 is 0. The van der Waals surface area contributed by atoms with Crippen molar-refractivity contribution < 1.29 is 9.90 Å². The van der Waals surface area contributed by atoms with Gasteiger partial charge in [0.2, 0.25) is 0 Å². The average Bonchev–Trinajstić information content (AvgIpc) is 2.16. The molecule has 2 unspecified atom stereocenters. The highest BCUT2D eigenvalue weighted by atomic mass is 32.2. The van der Waals surface area contributed by atoms with Crippen LogP contribution in [-0.2, 0) is 4.79 Å². The van der Waals surface area contributed by atoms with Crippen LogP contribution in [0.1, 0.15) is 40.5 Å². The van der Waals surface area contributed by atoms with Crippen LogP contribution in [0.3, 0.4) is 0 Å². The number of carboxylic acids is 1. The van der Waals surface area contributed by atoms with Crippen molar-refractivity contribution in [2.24, 2.45) is 5.92 Å². The van der Waals surface area contributed by atoms with Crippen molar-refractivity contribution in [1.82, 2.24) is 5.32 Å². The molecule has 4 heteroatoms. The maximum absolute atomic E-state index is 11.1. The van der Waals surface area contributed by atoms with Crippen molar-refractivity contribution >= 4 is 17.7 Å². The third-order valence-electron chi connectivity index (χ3n) is 2.82. The minimum absolute atomic E-state index is 0.368. The molecule has 0 amide bonds. The summed E-state index contributed by atoms with van der Waals surface area (Å²) in [5.74, 6) is 1.05. The summed E-state index contributed by atoms with van der Waals surface area (Å²) in [6.07, 6.45) is 1.85. The normalized spacial score (nSPS) is 17.1. The average molecular weight is 247 g/mol. The lowest BCUT2D eigenvalue weighted by molar-refractivity contribution is -0.144. The van der Waals surface area contributed by atoms with Crippen LogP contribution in [0.15, 0.2) is 0 Å². The summed E-state index contributed by atoms with van der Waals surface area (Å²) in [6.45, 7) is 8.26. The van der Waals surface area contributed by atoms with Gasteiger partial charge >= 0.3 is 5.97 Å². The van der Waals surface area contributed by atoms with Crippen LogP contribution in [0.4, 0.5) is 0 Å². The SMILES string of the molecule is CNC(C)(CC(C)SCCC(C)C)C(=O)O. The third-order valence-corrected chi connectivity index (χ3v) is 4.02. The van der Waals surface area contributed by atoms with E-state index < -0.39 is 11.5 Å². The minimum atomic E-state index is -0.801. The summed E-state index contributed by atoms with van der Waals surface area (Å²) in [5, 5.41) is 12.4. The highest BCUT2D eigenvalue weighted by molar-refractivity contribution is 7.99. The van der Waals surface area contributed by atoms with Crippen LogP contribution in [0.2, 0.25) is 0 Å². The van der Waals surface area contributed by atoms with E-state index in [4.69, 9.17) is 5.11 Å². The molecule has 0 spiro atoms. The first-order valence-electron chi connectivity index (χ1n) is 5.85. The molecule has 0 bridgehead atoms. The Morgan fingerprint density at radius 3 is 2.38 bits per heavy atom. The molecule has 0 saturated carbocycles. The Kier molecular flexibility index (Phi) is 7.07. The summed E-state index contributed by atoms with van der Waals surface area (Å²) in [4.78, 5) is 11.1. The second kappa shape index (κ2) is 7.17. The Morgan fingerprint density at radius 2 is 2.00 bits per heavy atom. The van der Waals surface area contributed by atoms with Gasteiger partial charge in [0.1, 0.15) is 5.54 Å². The monoisotopic (exact) mass is 247 g/mol. The van der Waals surface area contributed by atoms with E-state index in [9.17, 15) is 4.79 Å². The molecule has 0 radical (unpaired) electrons. The highest BCUT2D eigenvalue weighted by Gasteiger charge is 2.32. The molecule has 0 aliphatic heterocycles. The molecule has 2 N–H and O–H groups in total. The zero-order valence-electron chi connectivity index (χ0n) is 11.0. The molecule has 0 heterocycles. The fourth-order valence-corrected chi connectivity index (χ4v) is 2.90. The van der Waals surface area contributed by atoms with Crippen LogP contribution < -0.4 is 5.32 Å². The van der Waals surface area contributed by atoms with Crippen molar-refractivity contribution in [3.63, 3.8) is 0 Å². The molecule has 0 aromatic carbocycles. The van der Waals surface area contributed by atoms with Crippen molar-refractivity contribution in [3.8, 4) is 0 Å². The maximum atomic E-state index is 11.1. The molecule has 16 heavy (non-hydrogen) atoms. The number of hydrogen-bond acceptors (Lipinski definition) is 3. The van der Waals surface area contributed by atoms with Gasteiger partial charge in [0.25, 0.3) is 0 Å². The van der Waals surface area contributed by atoms with Gasteiger partial charge in [-0.1, -0.05) is 20.8 Å². The number of likely N-dealkylation sites (N-methyl/N-ethyl adjacent to an activating group) is 1. The molecular formula is C12H25NO2S. The van der Waals surface area contributed by atoms with E-state index in [-0.39, 0.29) is 0 Å². The Hall–Kier alpha value is -0.220. The molecule has 0 saturated heterocycles. The van der Waals surface area contributed by atoms with Gasteiger partial charge in [-0.15, -0.1) is 0 Å². The van der Waals surface area contributed by atoms with E-state index in [1.54, 1.807) is 14.0 Å². The van der Waals surface area contributed by atoms with Crippen molar-refractivity contribution in [2.75, 3.05) is 12.8 Å². The predicted octanol–water partition coefficient (Wildman–Crippen LogP) is 2.61. The fourth-order valence-electron chi connectivity index (χ4n) is 1.44. The smallest absolute Gasteiger partial charge is 0.323 e. The van der Waals surface area contributed by atoms with Crippen molar-refractivity contribution in [3.05, 3.63) is 0 Å². The minimum Gasteiger partial charge on any atom is -0.480 e. The number of rotatable bonds is 8. The molecule has 0 rings (SSSR count). The second-order valence-corrected chi connectivity index (χ2v) is 6.50. The van der Waals surface area contributed by atoms with E-state index in [0.29, 0.717) is 11.7 Å². The molecule has 96 valence electrons. The molecule has 0 aromatic heterocycles. The summed E-state index contributed by atoms with van der Waals surface area (Å²) in [7, 11) is 1.71. The molecule has 0 aliphatic carbocycles. The standard InChI is InChI=1S/C12H25NO2S/c1-9(2)6-7-16-10(3)8-12(4,13-5)11(14)15/h9-10,13H,6-8H2,1-5H3,(H,14,15). The topological polar surface area (TPSA) is 49.3 Å². The lowest BCUT2D eigenvalue weighted by atomic mass is 9.96. The Labute approximate surface area is 103 Å². The van der Waals surface area contributed by atoms with Gasteiger partial charge in [-0.3, -0.25) is 4.79 Å². The Bertz CT molecular complexity index is 221. The highest BCUT2D eigenvalue weighted by Crippen LogP contribution is 2.23. The largest absolute Gasteiger partial charge is 0.480 e. The predicted molar refractivity (Wildman–Crippen MR) is 71.1 cm³/mol. The van der Waals surface area contributed by atoms with E-state index >= 15 is 0 Å². The van der Waals surface area contributed by atoms with E-state index in [0.717, 1.165) is 11.7 Å². The van der Waals surface area contributed by atoms with Gasteiger partial charge in [-0.25, -0.2) is 0 Å². The molecule has 2 atom stereocenters. The molecule has 3 nitrogen and oxygen atoms in total. The summed E-state index contributed by atoms with van der Waals surface area (Å²) in [6, 6.07) is 0. The van der Waals surface area contributed by atoms with Gasteiger partial charge in [-0.2, -0.15) is 11.8 Å². The quantitative estimate of drug-likeness (QED) is 0.692. The van der Waals surface area contributed by atoms with Crippen LogP contribution in [-0.4, -0.2) is 34.7 Å². The number of carbonyl (C=O) groups is 1. The Morgan fingerprint density at radius 1 is 1.44 bits per heavy atom. The van der Waals surface area contributed by atoms with Gasteiger partial charge in [-0.05, 0) is 38.5 Å². The van der Waals surface area contributed by atoms with Gasteiger partial charge in [0.15, 0.2) is 0 Å². The van der Waals surface area contributed by atoms with Crippen LogP contribution in [0.5, 0.6) is 0 Å². The van der Waals surface area contributed by atoms with Gasteiger partial charge < -0.3 is 10.4 Å². The number of aliphatic carboxylic acids is 1. The first-order chi connectivity index (χ1) is 7.31. The molecule has 0 aromatic rings. The Balaban J connectivity index is 4.02. The third kappa shape index (κ3) is 5.75. The van der Waals surface area contributed by atoms with Gasteiger partial charge in [0, 0.05) is 5.25 Å². The zero-order valence-corrected chi connectivity index (χ0v) is 11.9.